The second-order valence-corrected chi connectivity index (χ2v) is 8.25. The van der Waals surface area contributed by atoms with E-state index in [4.69, 9.17) is 0 Å². The van der Waals surface area contributed by atoms with Crippen molar-refractivity contribution in [1.82, 2.24) is 14.8 Å². The molecule has 4 heterocycles. The number of hydrogen-bond acceptors (Lipinski definition) is 4. The van der Waals surface area contributed by atoms with Crippen LogP contribution in [0.3, 0.4) is 0 Å². The molecule has 2 aliphatic rings. The number of carbonyl (C=O) groups is 1. The van der Waals surface area contributed by atoms with Crippen LogP contribution >= 0.6 is 11.3 Å². The van der Waals surface area contributed by atoms with Crippen molar-refractivity contribution in [2.45, 2.75) is 19.9 Å². The molecule has 23 heavy (non-hydrogen) atoms. The van der Waals surface area contributed by atoms with E-state index in [0.29, 0.717) is 11.0 Å². The third-order valence-electron chi connectivity index (χ3n) is 4.93. The maximum Gasteiger partial charge on any atom is 0.255 e. The van der Waals surface area contributed by atoms with Gasteiger partial charge in [-0.2, -0.15) is 0 Å². The Morgan fingerprint density at radius 3 is 2.87 bits per heavy atom. The third kappa shape index (κ3) is 2.91. The van der Waals surface area contributed by atoms with Gasteiger partial charge in [-0.1, -0.05) is 0 Å². The smallest absolute Gasteiger partial charge is 0.255 e. The summed E-state index contributed by atoms with van der Waals surface area (Å²) in [5.41, 5.74) is 1.03. The van der Waals surface area contributed by atoms with Crippen LogP contribution < -0.4 is 0 Å². The van der Waals surface area contributed by atoms with Crippen molar-refractivity contribution in [1.29, 1.82) is 0 Å². The Morgan fingerprint density at radius 2 is 2.17 bits per heavy atom. The van der Waals surface area contributed by atoms with Crippen LogP contribution in [-0.2, 0) is 6.54 Å². The van der Waals surface area contributed by atoms with E-state index in [-0.39, 0.29) is 5.91 Å². The first kappa shape index (κ1) is 14.8. The molecular formula is C18H21N3OS. The molecule has 2 aromatic heterocycles. The quantitative estimate of drug-likeness (QED) is 0.870. The Kier molecular flexibility index (Phi) is 3.70. The van der Waals surface area contributed by atoms with Crippen LogP contribution in [0, 0.1) is 12.3 Å². The van der Waals surface area contributed by atoms with Gasteiger partial charge in [0, 0.05) is 60.3 Å². The zero-order valence-corrected chi connectivity index (χ0v) is 14.2. The van der Waals surface area contributed by atoms with Crippen LogP contribution in [0.15, 0.2) is 36.7 Å². The molecule has 2 saturated heterocycles. The van der Waals surface area contributed by atoms with Crippen LogP contribution in [0.5, 0.6) is 0 Å². The lowest BCUT2D eigenvalue weighted by Gasteiger charge is -2.48. The van der Waals surface area contributed by atoms with Gasteiger partial charge in [0.15, 0.2) is 0 Å². The molecule has 2 aliphatic heterocycles. The topological polar surface area (TPSA) is 36.4 Å². The van der Waals surface area contributed by atoms with Gasteiger partial charge < -0.3 is 4.90 Å². The third-order valence-corrected chi connectivity index (χ3v) is 5.91. The number of aryl methyl sites for hydroxylation is 1. The number of likely N-dealkylation sites (tertiary alicyclic amines) is 2. The summed E-state index contributed by atoms with van der Waals surface area (Å²) in [7, 11) is 0. The van der Waals surface area contributed by atoms with Crippen LogP contribution in [-0.4, -0.2) is 46.9 Å². The van der Waals surface area contributed by atoms with E-state index in [2.05, 4.69) is 28.9 Å². The van der Waals surface area contributed by atoms with Gasteiger partial charge in [-0.15, -0.1) is 11.3 Å². The first-order valence-electron chi connectivity index (χ1n) is 8.11. The van der Waals surface area contributed by atoms with Gasteiger partial charge in [-0.3, -0.25) is 14.7 Å². The molecule has 0 saturated carbocycles. The lowest BCUT2D eigenvalue weighted by molar-refractivity contribution is 0.00330. The highest BCUT2D eigenvalue weighted by Crippen LogP contribution is 2.40. The summed E-state index contributed by atoms with van der Waals surface area (Å²) in [5.74, 6) is 0.127. The zero-order valence-electron chi connectivity index (χ0n) is 13.4. The molecule has 1 spiro atoms. The number of carbonyl (C=O) groups excluding carboxylic acids is 1. The summed E-state index contributed by atoms with van der Waals surface area (Å²) >= 11 is 1.89. The highest BCUT2D eigenvalue weighted by atomic mass is 32.1. The molecule has 0 radical (unpaired) electrons. The standard InChI is InChI=1S/C18H21N3OS/c1-14-4-5-16(23-14)10-20-11-18(12-20)6-8-21(13-18)17(22)15-3-2-7-19-9-15/h2-5,7,9H,6,8,10-13H2,1H3. The number of rotatable bonds is 3. The minimum atomic E-state index is 0.127. The zero-order chi connectivity index (χ0) is 15.9. The Balaban J connectivity index is 1.34. The lowest BCUT2D eigenvalue weighted by atomic mass is 9.79. The van der Waals surface area contributed by atoms with E-state index in [9.17, 15) is 4.79 Å². The van der Waals surface area contributed by atoms with Crippen LogP contribution in [0.2, 0.25) is 0 Å². The number of amides is 1. The molecule has 0 aromatic carbocycles. The predicted molar refractivity (Wildman–Crippen MR) is 91.5 cm³/mol. The Morgan fingerprint density at radius 1 is 1.30 bits per heavy atom. The van der Waals surface area contributed by atoms with Gasteiger partial charge in [-0.25, -0.2) is 0 Å². The van der Waals surface area contributed by atoms with Crippen LogP contribution in [0.25, 0.3) is 0 Å². The van der Waals surface area contributed by atoms with Crippen LogP contribution in [0.1, 0.15) is 26.5 Å². The molecule has 0 atom stereocenters. The maximum atomic E-state index is 12.5. The molecule has 0 bridgehead atoms. The fourth-order valence-corrected chi connectivity index (χ4v) is 4.78. The van der Waals surface area contributed by atoms with E-state index < -0.39 is 0 Å². The Bertz CT molecular complexity index is 706. The molecule has 4 rings (SSSR count). The lowest BCUT2D eigenvalue weighted by Crippen LogP contribution is -2.57. The average Bonchev–Trinajstić information content (AvgIpc) is 3.14. The molecule has 120 valence electrons. The van der Waals surface area contributed by atoms with Crippen LogP contribution in [0.4, 0.5) is 0 Å². The van der Waals surface area contributed by atoms with Gasteiger partial charge in [0.25, 0.3) is 5.91 Å². The number of thiophene rings is 1. The number of hydrogen-bond donors (Lipinski definition) is 0. The summed E-state index contributed by atoms with van der Waals surface area (Å²) < 4.78 is 0. The van der Waals surface area contributed by atoms with Crippen molar-refractivity contribution in [2.24, 2.45) is 5.41 Å². The summed E-state index contributed by atoms with van der Waals surface area (Å²) in [6.07, 6.45) is 4.50. The summed E-state index contributed by atoms with van der Waals surface area (Å²) in [6.45, 7) is 7.20. The molecule has 2 fully saturated rings. The molecular weight excluding hydrogens is 306 g/mol. The molecule has 0 aliphatic carbocycles. The van der Waals surface area contributed by atoms with E-state index >= 15 is 0 Å². The number of nitrogens with zero attached hydrogens (tertiary/aromatic N) is 3. The van der Waals surface area contributed by atoms with E-state index in [1.54, 1.807) is 12.4 Å². The summed E-state index contributed by atoms with van der Waals surface area (Å²) in [6, 6.07) is 8.11. The fraction of sp³-hybridized carbons (Fsp3) is 0.444. The fourth-order valence-electron chi connectivity index (χ4n) is 3.84. The van der Waals surface area contributed by atoms with Crippen molar-refractivity contribution in [3.8, 4) is 0 Å². The summed E-state index contributed by atoms with van der Waals surface area (Å²) in [4.78, 5) is 23.9. The molecule has 2 aromatic rings. The molecule has 1 amide bonds. The van der Waals surface area contributed by atoms with Gasteiger partial charge in [-0.05, 0) is 37.6 Å². The average molecular weight is 327 g/mol. The Labute approximate surface area is 140 Å². The summed E-state index contributed by atoms with van der Waals surface area (Å²) in [5, 5.41) is 0. The minimum absolute atomic E-state index is 0.127. The van der Waals surface area contributed by atoms with Crippen molar-refractivity contribution >= 4 is 17.2 Å². The highest BCUT2D eigenvalue weighted by Gasteiger charge is 2.48. The first-order chi connectivity index (χ1) is 11.1. The minimum Gasteiger partial charge on any atom is -0.338 e. The van der Waals surface area contributed by atoms with Gasteiger partial charge in [0.1, 0.15) is 0 Å². The molecule has 0 N–H and O–H groups in total. The Hall–Kier alpha value is -1.72. The molecule has 4 nitrogen and oxygen atoms in total. The molecule has 0 unspecified atom stereocenters. The molecule has 5 heteroatoms. The largest absolute Gasteiger partial charge is 0.338 e. The van der Waals surface area contributed by atoms with Crippen molar-refractivity contribution in [3.05, 3.63) is 52.0 Å². The monoisotopic (exact) mass is 327 g/mol. The van der Waals surface area contributed by atoms with Gasteiger partial charge in [0.05, 0.1) is 5.56 Å². The second-order valence-electron chi connectivity index (χ2n) is 6.88. The number of pyridine rings is 1. The second kappa shape index (κ2) is 5.73. The van der Waals surface area contributed by atoms with Crippen molar-refractivity contribution in [3.63, 3.8) is 0 Å². The van der Waals surface area contributed by atoms with E-state index in [0.717, 1.165) is 39.1 Å². The van der Waals surface area contributed by atoms with Gasteiger partial charge >= 0.3 is 0 Å². The first-order valence-corrected chi connectivity index (χ1v) is 8.92. The SMILES string of the molecule is Cc1ccc(CN2CC3(CCN(C(=O)c4cccnc4)C3)C2)s1. The van der Waals surface area contributed by atoms with E-state index in [1.165, 1.54) is 9.75 Å². The normalized spacial score (nSPS) is 20.0. The maximum absolute atomic E-state index is 12.5. The highest BCUT2D eigenvalue weighted by molar-refractivity contribution is 7.11. The predicted octanol–water partition coefficient (Wildman–Crippen LogP) is 2.80. The van der Waals surface area contributed by atoms with Gasteiger partial charge in [0.2, 0.25) is 0 Å². The van der Waals surface area contributed by atoms with Crippen molar-refractivity contribution in [2.75, 3.05) is 26.2 Å². The van der Waals surface area contributed by atoms with E-state index in [1.807, 2.05) is 28.4 Å². The van der Waals surface area contributed by atoms with Crippen molar-refractivity contribution < 1.29 is 4.79 Å². The number of aromatic nitrogens is 1.